The van der Waals surface area contributed by atoms with Gasteiger partial charge in [-0.15, -0.1) is 0 Å². The zero-order chi connectivity index (χ0) is 15.1. The normalized spacial score (nSPS) is 17.8. The second-order valence-electron chi connectivity index (χ2n) is 5.52. The molecular formula is C17H24N2O2. The minimum absolute atomic E-state index is 0.0152. The van der Waals surface area contributed by atoms with Crippen LogP contribution in [-0.4, -0.2) is 12.5 Å². The first-order valence-electron chi connectivity index (χ1n) is 7.64. The lowest BCUT2D eigenvalue weighted by atomic mass is 9.96. The predicted octanol–water partition coefficient (Wildman–Crippen LogP) is 2.95. The Morgan fingerprint density at radius 3 is 2.76 bits per heavy atom. The molecule has 21 heavy (non-hydrogen) atoms. The van der Waals surface area contributed by atoms with Crippen LogP contribution < -0.4 is 15.6 Å². The largest absolute Gasteiger partial charge is 0.484 e. The number of aryl methyl sites for hydroxylation is 1. The van der Waals surface area contributed by atoms with Gasteiger partial charge in [0.25, 0.3) is 5.91 Å². The van der Waals surface area contributed by atoms with E-state index in [-0.39, 0.29) is 12.5 Å². The van der Waals surface area contributed by atoms with E-state index < -0.39 is 0 Å². The number of benzene rings is 1. The number of hydrogen-bond donors (Lipinski definition) is 2. The SMILES string of the molecule is CCc1ccc(OCC(=O)NNC2=C[C@H](C)CCC2)cc1. The van der Waals surface area contributed by atoms with Gasteiger partial charge in [0.15, 0.2) is 6.61 Å². The van der Waals surface area contributed by atoms with Crippen LogP contribution in [0.25, 0.3) is 0 Å². The first-order valence-corrected chi connectivity index (χ1v) is 7.64. The van der Waals surface area contributed by atoms with E-state index in [1.165, 1.54) is 12.0 Å². The lowest BCUT2D eigenvalue weighted by molar-refractivity contribution is -0.123. The van der Waals surface area contributed by atoms with E-state index in [0.29, 0.717) is 11.7 Å². The molecule has 0 spiro atoms. The highest BCUT2D eigenvalue weighted by molar-refractivity contribution is 5.77. The van der Waals surface area contributed by atoms with Crippen LogP contribution in [0.1, 0.15) is 38.7 Å². The van der Waals surface area contributed by atoms with Crippen LogP contribution in [0, 0.1) is 5.92 Å². The molecule has 2 rings (SSSR count). The van der Waals surface area contributed by atoms with Crippen molar-refractivity contribution in [2.24, 2.45) is 5.92 Å². The molecule has 0 bridgehead atoms. The van der Waals surface area contributed by atoms with Crippen molar-refractivity contribution in [3.8, 4) is 5.75 Å². The molecule has 1 amide bonds. The van der Waals surface area contributed by atoms with Crippen molar-refractivity contribution < 1.29 is 9.53 Å². The number of hydrazine groups is 1. The summed E-state index contributed by atoms with van der Waals surface area (Å²) in [5, 5.41) is 0. The maximum absolute atomic E-state index is 11.7. The number of ether oxygens (including phenoxy) is 1. The van der Waals surface area contributed by atoms with Gasteiger partial charge in [-0.25, -0.2) is 0 Å². The Labute approximate surface area is 126 Å². The molecule has 4 nitrogen and oxygen atoms in total. The second kappa shape index (κ2) is 7.72. The van der Waals surface area contributed by atoms with E-state index in [1.807, 2.05) is 24.3 Å². The smallest absolute Gasteiger partial charge is 0.276 e. The Morgan fingerprint density at radius 2 is 2.10 bits per heavy atom. The molecule has 1 atom stereocenters. The molecular weight excluding hydrogens is 264 g/mol. The third kappa shape index (κ3) is 5.14. The van der Waals surface area contributed by atoms with Gasteiger partial charge < -0.3 is 10.2 Å². The minimum Gasteiger partial charge on any atom is -0.484 e. The molecule has 0 unspecified atom stereocenters. The molecule has 1 aromatic carbocycles. The number of allylic oxidation sites excluding steroid dienone is 2. The fourth-order valence-corrected chi connectivity index (χ4v) is 2.39. The minimum atomic E-state index is -0.173. The van der Waals surface area contributed by atoms with Gasteiger partial charge >= 0.3 is 0 Å². The van der Waals surface area contributed by atoms with Crippen LogP contribution in [0.15, 0.2) is 36.0 Å². The Bertz CT molecular complexity index is 494. The third-order valence-electron chi connectivity index (χ3n) is 3.66. The maximum Gasteiger partial charge on any atom is 0.276 e. The monoisotopic (exact) mass is 288 g/mol. The van der Waals surface area contributed by atoms with E-state index >= 15 is 0 Å². The van der Waals surface area contributed by atoms with Crippen LogP contribution in [0.2, 0.25) is 0 Å². The zero-order valence-electron chi connectivity index (χ0n) is 12.8. The first-order chi connectivity index (χ1) is 10.2. The summed E-state index contributed by atoms with van der Waals surface area (Å²) in [6.07, 6.45) is 6.54. The average molecular weight is 288 g/mol. The maximum atomic E-state index is 11.7. The van der Waals surface area contributed by atoms with E-state index in [4.69, 9.17) is 4.74 Å². The summed E-state index contributed by atoms with van der Waals surface area (Å²) in [5.74, 6) is 1.12. The molecule has 114 valence electrons. The fraction of sp³-hybridized carbons (Fsp3) is 0.471. The first kappa shape index (κ1) is 15.4. The molecule has 0 saturated heterocycles. The number of hydrogen-bond acceptors (Lipinski definition) is 3. The Kier molecular flexibility index (Phi) is 5.67. The summed E-state index contributed by atoms with van der Waals surface area (Å²) < 4.78 is 5.46. The molecule has 0 heterocycles. The second-order valence-corrected chi connectivity index (χ2v) is 5.52. The van der Waals surface area contributed by atoms with Crippen LogP contribution in [0.5, 0.6) is 5.75 Å². The van der Waals surface area contributed by atoms with Crippen molar-refractivity contribution in [2.75, 3.05) is 6.61 Å². The topological polar surface area (TPSA) is 50.4 Å². The third-order valence-corrected chi connectivity index (χ3v) is 3.66. The lowest BCUT2D eigenvalue weighted by Crippen LogP contribution is -2.40. The van der Waals surface area contributed by atoms with Gasteiger partial charge in [0, 0.05) is 5.70 Å². The van der Waals surface area contributed by atoms with Crippen molar-refractivity contribution in [3.05, 3.63) is 41.6 Å². The lowest BCUT2D eigenvalue weighted by Gasteiger charge is -2.19. The van der Waals surface area contributed by atoms with Gasteiger partial charge in [0.1, 0.15) is 5.75 Å². The molecule has 0 aliphatic heterocycles. The number of rotatable bonds is 6. The molecule has 1 aromatic rings. The summed E-state index contributed by atoms with van der Waals surface area (Å²) in [6, 6.07) is 7.81. The molecule has 1 aliphatic rings. The number of carbonyl (C=O) groups excluding carboxylic acids is 1. The zero-order valence-corrected chi connectivity index (χ0v) is 12.8. The van der Waals surface area contributed by atoms with Gasteiger partial charge in [-0.2, -0.15) is 0 Å². The highest BCUT2D eigenvalue weighted by atomic mass is 16.5. The van der Waals surface area contributed by atoms with Crippen molar-refractivity contribution in [3.63, 3.8) is 0 Å². The van der Waals surface area contributed by atoms with E-state index in [2.05, 4.69) is 30.8 Å². The van der Waals surface area contributed by atoms with Gasteiger partial charge in [0.2, 0.25) is 0 Å². The molecule has 0 saturated carbocycles. The van der Waals surface area contributed by atoms with Crippen LogP contribution in [0.3, 0.4) is 0 Å². The molecule has 1 aliphatic carbocycles. The number of carbonyl (C=O) groups is 1. The number of amides is 1. The van der Waals surface area contributed by atoms with Crippen LogP contribution in [0.4, 0.5) is 0 Å². The molecule has 0 fully saturated rings. The molecule has 0 radical (unpaired) electrons. The Morgan fingerprint density at radius 1 is 1.33 bits per heavy atom. The molecule has 4 heteroatoms. The van der Waals surface area contributed by atoms with Gasteiger partial charge in [-0.3, -0.25) is 10.2 Å². The van der Waals surface area contributed by atoms with E-state index in [9.17, 15) is 4.79 Å². The van der Waals surface area contributed by atoms with Crippen molar-refractivity contribution in [1.29, 1.82) is 0 Å². The van der Waals surface area contributed by atoms with Crippen molar-refractivity contribution >= 4 is 5.91 Å². The Balaban J connectivity index is 1.71. The van der Waals surface area contributed by atoms with Crippen LogP contribution in [-0.2, 0) is 11.2 Å². The average Bonchev–Trinajstić information content (AvgIpc) is 2.51. The Hall–Kier alpha value is -1.97. The van der Waals surface area contributed by atoms with Crippen molar-refractivity contribution in [2.45, 2.75) is 39.5 Å². The van der Waals surface area contributed by atoms with E-state index in [0.717, 1.165) is 25.0 Å². The van der Waals surface area contributed by atoms with E-state index in [1.54, 1.807) is 0 Å². The quantitative estimate of drug-likeness (QED) is 0.791. The standard InChI is InChI=1S/C17H24N2O2/c1-3-14-7-9-16(10-8-14)21-12-17(20)19-18-15-6-4-5-13(2)11-15/h7-11,13,18H,3-6,12H2,1-2H3,(H,19,20)/t13-/m1/s1. The summed E-state index contributed by atoms with van der Waals surface area (Å²) in [5.41, 5.74) is 8.02. The van der Waals surface area contributed by atoms with Gasteiger partial charge in [0.05, 0.1) is 0 Å². The van der Waals surface area contributed by atoms with Gasteiger partial charge in [-0.1, -0.05) is 32.1 Å². The predicted molar refractivity (Wildman–Crippen MR) is 83.7 cm³/mol. The van der Waals surface area contributed by atoms with Gasteiger partial charge in [-0.05, 0) is 49.3 Å². The summed E-state index contributed by atoms with van der Waals surface area (Å²) >= 11 is 0. The highest BCUT2D eigenvalue weighted by Crippen LogP contribution is 2.19. The molecule has 0 aromatic heterocycles. The number of nitrogens with one attached hydrogen (secondary N) is 2. The molecule has 2 N–H and O–H groups in total. The summed E-state index contributed by atoms with van der Waals surface area (Å²) in [6.45, 7) is 4.31. The highest BCUT2D eigenvalue weighted by Gasteiger charge is 2.10. The fourth-order valence-electron chi connectivity index (χ4n) is 2.39. The summed E-state index contributed by atoms with van der Waals surface area (Å²) in [4.78, 5) is 11.7. The van der Waals surface area contributed by atoms with Crippen LogP contribution >= 0.6 is 0 Å². The summed E-state index contributed by atoms with van der Waals surface area (Å²) in [7, 11) is 0. The van der Waals surface area contributed by atoms with Crippen molar-refractivity contribution in [1.82, 2.24) is 10.9 Å².